The number of piperidine rings is 1. The van der Waals surface area contributed by atoms with Crippen LogP contribution in [0.25, 0.3) is 0 Å². The van der Waals surface area contributed by atoms with E-state index in [9.17, 15) is 4.79 Å². The van der Waals surface area contributed by atoms with Crippen LogP contribution in [0, 0.1) is 0 Å². The predicted octanol–water partition coefficient (Wildman–Crippen LogP) is 4.30. The largest absolute Gasteiger partial charge is 0.493 e. The second kappa shape index (κ2) is 9.58. The van der Waals surface area contributed by atoms with Gasteiger partial charge in [-0.3, -0.25) is 4.79 Å². The summed E-state index contributed by atoms with van der Waals surface area (Å²) in [5, 5.41) is 0. The molecule has 3 aromatic rings. The van der Waals surface area contributed by atoms with Crippen molar-refractivity contribution in [2.45, 2.75) is 24.9 Å². The molecule has 0 N–H and O–H groups in total. The Morgan fingerprint density at radius 3 is 2.43 bits per heavy atom. The summed E-state index contributed by atoms with van der Waals surface area (Å²) in [5.41, 5.74) is 3.54. The van der Waals surface area contributed by atoms with Crippen LogP contribution in [0.2, 0.25) is 0 Å². The average Bonchev–Trinajstić information content (AvgIpc) is 3.21. The van der Waals surface area contributed by atoms with E-state index in [4.69, 9.17) is 14.2 Å². The Morgan fingerprint density at radius 2 is 1.77 bits per heavy atom. The lowest BCUT2D eigenvalue weighted by atomic mass is 9.74. The third-order valence-electron chi connectivity index (χ3n) is 7.22. The molecule has 2 aromatic carbocycles. The molecule has 1 amide bonds. The highest BCUT2D eigenvalue weighted by Gasteiger charge is 2.47. The van der Waals surface area contributed by atoms with E-state index in [0.29, 0.717) is 36.1 Å². The van der Waals surface area contributed by atoms with Gasteiger partial charge in [-0.1, -0.05) is 30.3 Å². The molecule has 182 valence electrons. The SMILES string of the molecule is COc1ccc(C(=O)N2CC3(CCN(C)CC3)c3cc(OC)c(OCc4ccccc4)cc32)cn1. The molecule has 0 unspecified atom stereocenters. The molecule has 5 rings (SSSR count). The van der Waals surface area contributed by atoms with Gasteiger partial charge in [-0.05, 0) is 56.2 Å². The molecule has 1 spiro atoms. The van der Waals surface area contributed by atoms with Crippen LogP contribution < -0.4 is 19.1 Å². The van der Waals surface area contributed by atoms with Gasteiger partial charge in [0.25, 0.3) is 5.91 Å². The van der Waals surface area contributed by atoms with E-state index in [1.807, 2.05) is 41.3 Å². The third kappa shape index (κ3) is 4.44. The zero-order chi connectivity index (χ0) is 24.4. The van der Waals surface area contributed by atoms with Crippen LogP contribution in [0.3, 0.4) is 0 Å². The Morgan fingerprint density at radius 1 is 1.00 bits per heavy atom. The number of hydrogen-bond donors (Lipinski definition) is 0. The third-order valence-corrected chi connectivity index (χ3v) is 7.22. The number of pyridine rings is 1. The minimum absolute atomic E-state index is 0.0728. The maximum atomic E-state index is 13.7. The van der Waals surface area contributed by atoms with Crippen LogP contribution in [0.4, 0.5) is 5.69 Å². The van der Waals surface area contributed by atoms with Crippen LogP contribution in [0.5, 0.6) is 17.4 Å². The number of carbonyl (C=O) groups is 1. The molecule has 1 aromatic heterocycles. The van der Waals surface area contributed by atoms with Crippen molar-refractivity contribution in [2.75, 3.05) is 45.8 Å². The molecule has 1 fully saturated rings. The van der Waals surface area contributed by atoms with Gasteiger partial charge in [0, 0.05) is 30.3 Å². The lowest BCUT2D eigenvalue weighted by Crippen LogP contribution is -2.44. The fourth-order valence-corrected chi connectivity index (χ4v) is 5.12. The molecule has 7 heteroatoms. The second-order valence-electron chi connectivity index (χ2n) is 9.36. The second-order valence-corrected chi connectivity index (χ2v) is 9.36. The Kier molecular flexibility index (Phi) is 6.34. The number of hydrogen-bond acceptors (Lipinski definition) is 6. The lowest BCUT2D eigenvalue weighted by Gasteiger charge is -2.38. The zero-order valence-electron chi connectivity index (χ0n) is 20.5. The van der Waals surface area contributed by atoms with E-state index in [2.05, 4.69) is 23.0 Å². The van der Waals surface area contributed by atoms with Crippen LogP contribution in [-0.4, -0.2) is 56.7 Å². The summed E-state index contributed by atoms with van der Waals surface area (Å²) < 4.78 is 17.1. The van der Waals surface area contributed by atoms with Gasteiger partial charge in [0.2, 0.25) is 5.88 Å². The lowest BCUT2D eigenvalue weighted by molar-refractivity contribution is 0.0978. The van der Waals surface area contributed by atoms with Gasteiger partial charge in [0.15, 0.2) is 11.5 Å². The molecule has 0 aliphatic carbocycles. The number of carbonyl (C=O) groups excluding carboxylic acids is 1. The first-order chi connectivity index (χ1) is 17.0. The fraction of sp³-hybridized carbons (Fsp3) is 0.357. The fourth-order valence-electron chi connectivity index (χ4n) is 5.12. The highest BCUT2D eigenvalue weighted by atomic mass is 16.5. The summed E-state index contributed by atoms with van der Waals surface area (Å²) in [7, 11) is 5.38. The number of methoxy groups -OCH3 is 2. The number of amides is 1. The Hall–Kier alpha value is -3.58. The molecule has 0 bridgehead atoms. The maximum Gasteiger partial charge on any atom is 0.259 e. The Balaban J connectivity index is 1.53. The number of nitrogens with zero attached hydrogens (tertiary/aromatic N) is 3. The summed E-state index contributed by atoms with van der Waals surface area (Å²) in [6.07, 6.45) is 3.54. The normalized spacial score (nSPS) is 16.7. The van der Waals surface area contributed by atoms with Gasteiger partial charge in [0.05, 0.1) is 25.5 Å². The highest BCUT2D eigenvalue weighted by Crippen LogP contribution is 2.51. The molecule has 0 radical (unpaired) electrons. The molecule has 0 atom stereocenters. The molecule has 35 heavy (non-hydrogen) atoms. The van der Waals surface area contributed by atoms with Gasteiger partial charge in [-0.15, -0.1) is 0 Å². The standard InChI is InChI=1S/C28H31N3O4/c1-30-13-11-28(12-14-30)19-31(27(32)21-9-10-26(34-3)29-17-21)23-16-25(24(33-2)15-22(23)28)35-18-20-7-5-4-6-8-20/h4-10,15-17H,11-14,18-19H2,1-3H3. The van der Waals surface area contributed by atoms with Crippen molar-refractivity contribution < 1.29 is 19.0 Å². The van der Waals surface area contributed by atoms with Crippen molar-refractivity contribution in [1.82, 2.24) is 9.88 Å². The minimum Gasteiger partial charge on any atom is -0.493 e. The molecule has 1 saturated heterocycles. The summed E-state index contributed by atoms with van der Waals surface area (Å²) in [5.74, 6) is 1.73. The molecular weight excluding hydrogens is 442 g/mol. The number of anilines is 1. The summed E-state index contributed by atoms with van der Waals surface area (Å²) >= 11 is 0. The van der Waals surface area contributed by atoms with Crippen molar-refractivity contribution in [3.8, 4) is 17.4 Å². The molecule has 7 nitrogen and oxygen atoms in total. The maximum absolute atomic E-state index is 13.7. The predicted molar refractivity (Wildman–Crippen MR) is 135 cm³/mol. The molecular formula is C28H31N3O4. The number of fused-ring (bicyclic) bond motifs is 2. The Labute approximate surface area is 206 Å². The topological polar surface area (TPSA) is 64.1 Å². The van der Waals surface area contributed by atoms with E-state index in [1.54, 1.807) is 32.5 Å². The Bertz CT molecular complexity index is 1190. The van der Waals surface area contributed by atoms with Crippen molar-refractivity contribution in [1.29, 1.82) is 0 Å². The van der Waals surface area contributed by atoms with Crippen LogP contribution in [-0.2, 0) is 12.0 Å². The highest BCUT2D eigenvalue weighted by molar-refractivity contribution is 6.08. The van der Waals surface area contributed by atoms with Crippen LogP contribution in [0.15, 0.2) is 60.8 Å². The van der Waals surface area contributed by atoms with E-state index < -0.39 is 0 Å². The van der Waals surface area contributed by atoms with E-state index in [1.165, 1.54) is 0 Å². The van der Waals surface area contributed by atoms with Gasteiger partial charge < -0.3 is 24.0 Å². The van der Waals surface area contributed by atoms with Gasteiger partial charge in [0.1, 0.15) is 6.61 Å². The summed E-state index contributed by atoms with van der Waals surface area (Å²) in [6, 6.07) is 17.6. The number of ether oxygens (including phenoxy) is 3. The van der Waals surface area contributed by atoms with Crippen molar-refractivity contribution in [2.24, 2.45) is 0 Å². The van der Waals surface area contributed by atoms with Gasteiger partial charge >= 0.3 is 0 Å². The number of benzene rings is 2. The molecule has 0 saturated carbocycles. The first kappa shape index (κ1) is 23.2. The minimum atomic E-state index is -0.108. The monoisotopic (exact) mass is 473 g/mol. The smallest absolute Gasteiger partial charge is 0.259 e. The van der Waals surface area contributed by atoms with Crippen molar-refractivity contribution in [3.63, 3.8) is 0 Å². The number of rotatable bonds is 6. The van der Waals surface area contributed by atoms with Gasteiger partial charge in [-0.25, -0.2) is 4.98 Å². The number of likely N-dealkylation sites (tertiary alicyclic amines) is 1. The zero-order valence-corrected chi connectivity index (χ0v) is 20.5. The summed E-state index contributed by atoms with van der Waals surface area (Å²) in [6.45, 7) is 3.02. The first-order valence-corrected chi connectivity index (χ1v) is 11.9. The first-order valence-electron chi connectivity index (χ1n) is 11.9. The van der Waals surface area contributed by atoms with Crippen molar-refractivity contribution in [3.05, 3.63) is 77.5 Å². The van der Waals surface area contributed by atoms with Crippen LogP contribution in [0.1, 0.15) is 34.3 Å². The van der Waals surface area contributed by atoms with Gasteiger partial charge in [-0.2, -0.15) is 0 Å². The average molecular weight is 474 g/mol. The van der Waals surface area contributed by atoms with Crippen molar-refractivity contribution >= 4 is 11.6 Å². The molecule has 2 aliphatic rings. The molecule has 2 aliphatic heterocycles. The van der Waals surface area contributed by atoms with E-state index >= 15 is 0 Å². The number of aromatic nitrogens is 1. The van der Waals surface area contributed by atoms with E-state index in [-0.39, 0.29) is 11.3 Å². The van der Waals surface area contributed by atoms with Crippen LogP contribution >= 0.6 is 0 Å². The van der Waals surface area contributed by atoms with E-state index in [0.717, 1.165) is 42.7 Å². The molecule has 3 heterocycles. The summed E-state index contributed by atoms with van der Waals surface area (Å²) in [4.78, 5) is 22.2. The quantitative estimate of drug-likeness (QED) is 0.532.